The molecular formula is C10H8BrF3N2O4. The molecule has 3 N–H and O–H groups in total. The monoisotopic (exact) mass is 356 g/mol. The summed E-state index contributed by atoms with van der Waals surface area (Å²) in [6.45, 7) is -2.65. The lowest BCUT2D eigenvalue weighted by Gasteiger charge is -2.13. The van der Waals surface area contributed by atoms with Crippen LogP contribution in [0.2, 0.25) is 0 Å². The van der Waals surface area contributed by atoms with Gasteiger partial charge in [-0.2, -0.15) is 13.2 Å². The molecule has 0 saturated carbocycles. The molecule has 1 aromatic rings. The van der Waals surface area contributed by atoms with E-state index in [1.807, 2.05) is 0 Å². The maximum Gasteiger partial charge on any atom is 0.422 e. The molecule has 0 radical (unpaired) electrons. The Labute approximate surface area is 118 Å². The van der Waals surface area contributed by atoms with Crippen molar-refractivity contribution in [3.63, 3.8) is 0 Å². The number of hydrogen-bond donors (Lipinski definition) is 2. The van der Waals surface area contributed by atoms with Crippen LogP contribution in [0.5, 0.6) is 5.88 Å². The van der Waals surface area contributed by atoms with E-state index in [0.717, 1.165) is 6.07 Å². The van der Waals surface area contributed by atoms with Crippen molar-refractivity contribution < 1.29 is 32.6 Å². The van der Waals surface area contributed by atoms with E-state index in [4.69, 9.17) is 10.8 Å². The van der Waals surface area contributed by atoms with E-state index < -0.39 is 42.5 Å². The maximum absolute atomic E-state index is 12.1. The van der Waals surface area contributed by atoms with Gasteiger partial charge >= 0.3 is 6.18 Å². The van der Waals surface area contributed by atoms with Gasteiger partial charge in [0.25, 0.3) is 5.91 Å². The minimum Gasteiger partial charge on any atom is -0.467 e. The van der Waals surface area contributed by atoms with Gasteiger partial charge in [0.1, 0.15) is 16.8 Å². The predicted octanol–water partition coefficient (Wildman–Crippen LogP) is 1.06. The Balaban J connectivity index is 3.31. The number of nitrogens with two attached hydrogens (primary N) is 1. The highest BCUT2D eigenvalue weighted by atomic mass is 79.9. The van der Waals surface area contributed by atoms with E-state index in [1.54, 1.807) is 0 Å². The van der Waals surface area contributed by atoms with E-state index in [-0.39, 0.29) is 10.2 Å². The van der Waals surface area contributed by atoms with Crippen molar-refractivity contribution in [3.05, 3.63) is 21.8 Å². The number of Topliss-reactive ketones (excluding diaryl/α,β-unsaturated/α-hetero) is 1. The molecule has 20 heavy (non-hydrogen) atoms. The molecule has 1 amide bonds. The first-order valence-corrected chi connectivity index (χ1v) is 5.79. The summed E-state index contributed by atoms with van der Waals surface area (Å²) in [5, 5.41) is 8.78. The van der Waals surface area contributed by atoms with E-state index in [2.05, 4.69) is 25.7 Å². The summed E-state index contributed by atoms with van der Waals surface area (Å²) in [5.41, 5.74) is 4.02. The van der Waals surface area contributed by atoms with Gasteiger partial charge in [0.15, 0.2) is 12.4 Å². The molecule has 0 aliphatic heterocycles. The molecule has 1 heterocycles. The topological polar surface area (TPSA) is 103 Å². The van der Waals surface area contributed by atoms with Crippen molar-refractivity contribution in [3.8, 4) is 5.88 Å². The number of rotatable bonds is 5. The van der Waals surface area contributed by atoms with Crippen molar-refractivity contribution in [1.82, 2.24) is 4.98 Å². The van der Waals surface area contributed by atoms with Crippen molar-refractivity contribution in [2.24, 2.45) is 5.73 Å². The van der Waals surface area contributed by atoms with E-state index >= 15 is 0 Å². The molecule has 0 aliphatic rings. The number of aromatic nitrogens is 1. The molecule has 0 spiro atoms. The smallest absolute Gasteiger partial charge is 0.422 e. The van der Waals surface area contributed by atoms with Gasteiger partial charge in [-0.15, -0.1) is 0 Å². The van der Waals surface area contributed by atoms with Gasteiger partial charge in [-0.25, -0.2) is 4.98 Å². The van der Waals surface area contributed by atoms with Gasteiger partial charge in [0.2, 0.25) is 5.88 Å². The second-order valence-corrected chi connectivity index (χ2v) is 4.33. The number of alkyl halides is 3. The number of nitrogens with zero attached hydrogens (tertiary/aromatic N) is 1. The summed E-state index contributed by atoms with van der Waals surface area (Å²) >= 11 is 2.86. The average molecular weight is 357 g/mol. The van der Waals surface area contributed by atoms with Gasteiger partial charge in [-0.3, -0.25) is 9.59 Å². The van der Waals surface area contributed by atoms with Crippen molar-refractivity contribution >= 4 is 27.6 Å². The number of carbonyl (C=O) groups excluding carboxylic acids is 2. The maximum atomic E-state index is 12.1. The lowest BCUT2D eigenvalue weighted by molar-refractivity contribution is -0.154. The van der Waals surface area contributed by atoms with Gasteiger partial charge < -0.3 is 15.6 Å². The minimum absolute atomic E-state index is 0.0449. The fraction of sp³-hybridized carbons (Fsp3) is 0.300. The summed E-state index contributed by atoms with van der Waals surface area (Å²) in [4.78, 5) is 26.3. The van der Waals surface area contributed by atoms with Crippen LogP contribution in [0.1, 0.15) is 20.7 Å². The van der Waals surface area contributed by atoms with Crippen LogP contribution in [-0.4, -0.2) is 41.2 Å². The Hall–Kier alpha value is -1.68. The number of hydrogen-bond acceptors (Lipinski definition) is 5. The number of amides is 1. The Bertz CT molecular complexity index is 548. The fourth-order valence-electron chi connectivity index (χ4n) is 1.29. The molecule has 1 rings (SSSR count). The average Bonchev–Trinajstić information content (AvgIpc) is 2.33. The van der Waals surface area contributed by atoms with Crippen LogP contribution in [0.3, 0.4) is 0 Å². The summed E-state index contributed by atoms with van der Waals surface area (Å²) < 4.78 is 40.7. The predicted molar refractivity (Wildman–Crippen MR) is 63.4 cm³/mol. The highest BCUT2D eigenvalue weighted by molar-refractivity contribution is 9.10. The molecule has 0 fully saturated rings. The first-order valence-electron chi connectivity index (χ1n) is 4.99. The third-order valence-electron chi connectivity index (χ3n) is 2.02. The zero-order valence-corrected chi connectivity index (χ0v) is 11.3. The zero-order chi connectivity index (χ0) is 15.5. The molecule has 0 bridgehead atoms. The number of ketones is 1. The number of pyridine rings is 1. The van der Waals surface area contributed by atoms with Crippen LogP contribution in [0.4, 0.5) is 13.2 Å². The van der Waals surface area contributed by atoms with Crippen LogP contribution >= 0.6 is 15.9 Å². The number of halogens is 4. The van der Waals surface area contributed by atoms with Gasteiger partial charge in [0, 0.05) is 5.56 Å². The first-order chi connectivity index (χ1) is 9.15. The number of aliphatic hydroxyl groups excluding tert-OH is 1. The second kappa shape index (κ2) is 6.18. The molecule has 1 aromatic heterocycles. The van der Waals surface area contributed by atoms with E-state index in [0.29, 0.717) is 0 Å². The SMILES string of the molecule is NC(=O)c1c(C(=O)CO)cc(Br)nc1OCC(F)(F)F. The molecule has 110 valence electrons. The molecule has 10 heteroatoms. The molecular weight excluding hydrogens is 349 g/mol. The first kappa shape index (κ1) is 16.4. The van der Waals surface area contributed by atoms with Crippen LogP contribution in [0.15, 0.2) is 10.7 Å². The van der Waals surface area contributed by atoms with Crippen molar-refractivity contribution in [1.29, 1.82) is 0 Å². The molecule has 0 aromatic carbocycles. The standard InChI is InChI=1S/C10H8BrF3N2O4/c11-6-1-4(5(18)2-17)7(8(15)19)9(16-6)20-3-10(12,13)14/h1,17H,2-3H2,(H2,15,19). The molecule has 0 atom stereocenters. The number of primary amides is 1. The summed E-state index contributed by atoms with van der Waals surface area (Å²) in [6, 6.07) is 1.05. The molecule has 0 unspecified atom stereocenters. The third kappa shape index (κ3) is 4.17. The molecule has 0 aliphatic carbocycles. The summed E-state index contributed by atoms with van der Waals surface area (Å²) in [5.74, 6) is -2.83. The zero-order valence-electron chi connectivity index (χ0n) is 9.70. The Morgan fingerprint density at radius 1 is 1.45 bits per heavy atom. The van der Waals surface area contributed by atoms with Gasteiger partial charge in [-0.05, 0) is 22.0 Å². The third-order valence-corrected chi connectivity index (χ3v) is 2.42. The second-order valence-electron chi connectivity index (χ2n) is 3.52. The highest BCUT2D eigenvalue weighted by Crippen LogP contribution is 2.26. The van der Waals surface area contributed by atoms with Crippen LogP contribution < -0.4 is 10.5 Å². The van der Waals surface area contributed by atoms with E-state index in [1.165, 1.54) is 0 Å². The number of carbonyl (C=O) groups is 2. The Kier molecular flexibility index (Phi) is 5.06. The largest absolute Gasteiger partial charge is 0.467 e. The molecule has 0 saturated heterocycles. The van der Waals surface area contributed by atoms with Crippen LogP contribution in [-0.2, 0) is 0 Å². The summed E-state index contributed by atoms with van der Waals surface area (Å²) in [6.07, 6.45) is -4.65. The quantitative estimate of drug-likeness (QED) is 0.606. The number of aliphatic hydroxyl groups is 1. The van der Waals surface area contributed by atoms with E-state index in [9.17, 15) is 22.8 Å². The normalized spacial score (nSPS) is 11.2. The molecule has 6 nitrogen and oxygen atoms in total. The Morgan fingerprint density at radius 3 is 2.50 bits per heavy atom. The Morgan fingerprint density at radius 2 is 2.05 bits per heavy atom. The number of ether oxygens (including phenoxy) is 1. The van der Waals surface area contributed by atoms with Gasteiger partial charge in [-0.1, -0.05) is 0 Å². The van der Waals surface area contributed by atoms with Crippen LogP contribution in [0, 0.1) is 0 Å². The lowest BCUT2D eigenvalue weighted by Crippen LogP contribution is -2.24. The van der Waals surface area contributed by atoms with Gasteiger partial charge in [0.05, 0.1) is 0 Å². The highest BCUT2D eigenvalue weighted by Gasteiger charge is 2.31. The van der Waals surface area contributed by atoms with Crippen LogP contribution in [0.25, 0.3) is 0 Å². The summed E-state index contributed by atoms with van der Waals surface area (Å²) in [7, 11) is 0. The lowest BCUT2D eigenvalue weighted by atomic mass is 10.1. The van der Waals surface area contributed by atoms with Crippen molar-refractivity contribution in [2.45, 2.75) is 6.18 Å². The van der Waals surface area contributed by atoms with Crippen molar-refractivity contribution in [2.75, 3.05) is 13.2 Å². The fourth-order valence-corrected chi connectivity index (χ4v) is 1.68. The minimum atomic E-state index is -4.65.